The molecule has 3 rings (SSSR count). The van der Waals surface area contributed by atoms with Gasteiger partial charge in [0.15, 0.2) is 5.17 Å². The average molecular weight is 379 g/mol. The number of hydrogen-bond donors (Lipinski definition) is 0. The summed E-state index contributed by atoms with van der Waals surface area (Å²) in [7, 11) is 0. The summed E-state index contributed by atoms with van der Waals surface area (Å²) in [6.07, 6.45) is 3.51. The Balaban J connectivity index is 1.68. The number of aliphatic imine (C=N–C) groups is 1. The number of carbonyl (C=O) groups is 2. The predicted octanol–water partition coefficient (Wildman–Crippen LogP) is 3.59. The van der Waals surface area contributed by atoms with Gasteiger partial charge in [-0.3, -0.25) is 9.59 Å². The molecule has 1 fully saturated rings. The largest absolute Gasteiger partial charge is 0.466 e. The molecule has 2 aliphatic rings. The Labute approximate surface area is 156 Å². The van der Waals surface area contributed by atoms with Crippen LogP contribution < -0.4 is 0 Å². The van der Waals surface area contributed by atoms with Crippen molar-refractivity contribution in [1.29, 1.82) is 0 Å². The Kier molecular flexibility index (Phi) is 5.81. The van der Waals surface area contributed by atoms with E-state index in [0.717, 1.165) is 24.9 Å². The highest BCUT2D eigenvalue weighted by Gasteiger charge is 2.32. The van der Waals surface area contributed by atoms with Crippen molar-refractivity contribution in [2.45, 2.75) is 19.8 Å². The minimum atomic E-state index is -0.242. The number of halogens is 1. The normalized spacial score (nSPS) is 22.2. The average Bonchev–Trinajstić information content (AvgIpc) is 2.98. The second kappa shape index (κ2) is 8.06. The zero-order valence-corrected chi connectivity index (χ0v) is 15.5. The number of esters is 1. The van der Waals surface area contributed by atoms with Crippen LogP contribution in [0.4, 0.5) is 0 Å². The molecule has 0 aliphatic carbocycles. The predicted molar refractivity (Wildman–Crippen MR) is 100 cm³/mol. The summed E-state index contributed by atoms with van der Waals surface area (Å²) < 4.78 is 5.12. The Bertz CT molecular complexity index is 730. The van der Waals surface area contributed by atoms with Crippen LogP contribution in [0.3, 0.4) is 0 Å². The van der Waals surface area contributed by atoms with E-state index in [4.69, 9.17) is 16.3 Å². The molecule has 0 radical (unpaired) electrons. The van der Waals surface area contributed by atoms with Crippen LogP contribution in [0.15, 0.2) is 34.2 Å². The minimum absolute atomic E-state index is 0.156. The standard InChI is InChI=1S/C18H19ClN2O3S/c1-2-24-17(23)13-4-3-9-21(11-13)18-20-16(22)15(25-18)10-12-5-7-14(19)8-6-12/h5-8,10,13H,2-4,9,11H2,1H3. The summed E-state index contributed by atoms with van der Waals surface area (Å²) in [5.74, 6) is -0.566. The van der Waals surface area contributed by atoms with Crippen LogP contribution >= 0.6 is 23.4 Å². The SMILES string of the molecule is CCOC(=O)C1CCCN(C2=NC(=O)C(=Cc3ccc(Cl)cc3)S2)C1. The molecule has 1 amide bonds. The molecule has 7 heteroatoms. The summed E-state index contributed by atoms with van der Waals surface area (Å²) in [4.78, 5) is 30.9. The zero-order chi connectivity index (χ0) is 17.8. The quantitative estimate of drug-likeness (QED) is 0.594. The van der Waals surface area contributed by atoms with Gasteiger partial charge in [0.05, 0.1) is 17.4 Å². The van der Waals surface area contributed by atoms with E-state index in [1.165, 1.54) is 11.8 Å². The lowest BCUT2D eigenvalue weighted by Gasteiger charge is -2.32. The number of amides is 1. The maximum absolute atomic E-state index is 12.2. The van der Waals surface area contributed by atoms with E-state index < -0.39 is 0 Å². The summed E-state index contributed by atoms with van der Waals surface area (Å²) in [5.41, 5.74) is 0.903. The van der Waals surface area contributed by atoms with E-state index >= 15 is 0 Å². The smallest absolute Gasteiger partial charge is 0.310 e. The Hall–Kier alpha value is -1.79. The number of benzene rings is 1. The third-order valence-corrected chi connectivity index (χ3v) is 5.39. The van der Waals surface area contributed by atoms with Crippen LogP contribution in [-0.4, -0.2) is 41.6 Å². The lowest BCUT2D eigenvalue weighted by atomic mass is 9.99. The molecule has 0 saturated carbocycles. The number of piperidine rings is 1. The third-order valence-electron chi connectivity index (χ3n) is 4.09. The lowest BCUT2D eigenvalue weighted by Crippen LogP contribution is -2.41. The molecule has 0 bridgehead atoms. The number of hydrogen-bond acceptors (Lipinski definition) is 5. The lowest BCUT2D eigenvalue weighted by molar-refractivity contribution is -0.149. The van der Waals surface area contributed by atoms with Crippen LogP contribution in [0.2, 0.25) is 5.02 Å². The molecule has 1 atom stereocenters. The van der Waals surface area contributed by atoms with Crippen LogP contribution in [0.5, 0.6) is 0 Å². The van der Waals surface area contributed by atoms with Gasteiger partial charge in [-0.05, 0) is 55.3 Å². The molecule has 1 aromatic carbocycles. The summed E-state index contributed by atoms with van der Waals surface area (Å²) >= 11 is 7.24. The van der Waals surface area contributed by atoms with Crippen LogP contribution in [0, 0.1) is 5.92 Å². The molecule has 1 aromatic rings. The number of nitrogens with zero attached hydrogens (tertiary/aromatic N) is 2. The fourth-order valence-corrected chi connectivity index (χ4v) is 3.92. The molecule has 2 aliphatic heterocycles. The van der Waals surface area contributed by atoms with Crippen LogP contribution in [-0.2, 0) is 14.3 Å². The Morgan fingerprint density at radius 3 is 2.92 bits per heavy atom. The number of rotatable bonds is 3. The van der Waals surface area contributed by atoms with Crippen molar-refractivity contribution in [2.75, 3.05) is 19.7 Å². The van der Waals surface area contributed by atoms with Gasteiger partial charge in [-0.1, -0.05) is 23.7 Å². The van der Waals surface area contributed by atoms with E-state index in [1.807, 2.05) is 30.0 Å². The number of thioether (sulfide) groups is 1. The van der Waals surface area contributed by atoms with E-state index in [1.54, 1.807) is 12.1 Å². The van der Waals surface area contributed by atoms with Crippen molar-refractivity contribution in [1.82, 2.24) is 4.90 Å². The topological polar surface area (TPSA) is 59.0 Å². The molecule has 1 saturated heterocycles. The van der Waals surface area contributed by atoms with Crippen molar-refractivity contribution in [2.24, 2.45) is 10.9 Å². The molecule has 1 unspecified atom stereocenters. The second-order valence-corrected chi connectivity index (χ2v) is 7.34. The molecule has 132 valence electrons. The van der Waals surface area contributed by atoms with Crippen molar-refractivity contribution in [3.05, 3.63) is 39.8 Å². The second-order valence-electron chi connectivity index (χ2n) is 5.90. The first-order valence-electron chi connectivity index (χ1n) is 8.26. The van der Waals surface area contributed by atoms with Gasteiger partial charge in [-0.15, -0.1) is 0 Å². The van der Waals surface area contributed by atoms with E-state index in [-0.39, 0.29) is 17.8 Å². The fraction of sp³-hybridized carbons (Fsp3) is 0.389. The molecular weight excluding hydrogens is 360 g/mol. The molecule has 0 spiro atoms. The number of carbonyl (C=O) groups excluding carboxylic acids is 2. The third kappa shape index (κ3) is 4.44. The monoisotopic (exact) mass is 378 g/mol. The van der Waals surface area contributed by atoms with E-state index in [9.17, 15) is 9.59 Å². The first kappa shape index (κ1) is 18.0. The highest BCUT2D eigenvalue weighted by molar-refractivity contribution is 8.18. The molecule has 0 N–H and O–H groups in total. The number of likely N-dealkylation sites (tertiary alicyclic amines) is 1. The Morgan fingerprint density at radius 2 is 2.20 bits per heavy atom. The van der Waals surface area contributed by atoms with Gasteiger partial charge in [0.1, 0.15) is 0 Å². The highest BCUT2D eigenvalue weighted by atomic mass is 35.5. The molecule has 25 heavy (non-hydrogen) atoms. The van der Waals surface area contributed by atoms with Gasteiger partial charge in [0.25, 0.3) is 5.91 Å². The van der Waals surface area contributed by atoms with E-state index in [2.05, 4.69) is 4.99 Å². The number of amidine groups is 1. The van der Waals surface area contributed by atoms with Crippen molar-refractivity contribution in [3.8, 4) is 0 Å². The minimum Gasteiger partial charge on any atom is -0.466 e. The van der Waals surface area contributed by atoms with Gasteiger partial charge in [-0.25, -0.2) is 0 Å². The molecular formula is C18H19ClN2O3S. The Morgan fingerprint density at radius 1 is 1.44 bits per heavy atom. The maximum atomic E-state index is 12.2. The molecule has 2 heterocycles. The van der Waals surface area contributed by atoms with Crippen LogP contribution in [0.1, 0.15) is 25.3 Å². The fourth-order valence-electron chi connectivity index (χ4n) is 2.85. The zero-order valence-electron chi connectivity index (χ0n) is 13.9. The van der Waals surface area contributed by atoms with Crippen molar-refractivity contribution < 1.29 is 14.3 Å². The summed E-state index contributed by atoms with van der Waals surface area (Å²) in [6, 6.07) is 7.29. The van der Waals surface area contributed by atoms with Gasteiger partial charge in [0.2, 0.25) is 0 Å². The van der Waals surface area contributed by atoms with Crippen molar-refractivity contribution >= 4 is 46.5 Å². The first-order valence-corrected chi connectivity index (χ1v) is 9.46. The van der Waals surface area contributed by atoms with Gasteiger partial charge in [0, 0.05) is 18.1 Å². The highest BCUT2D eigenvalue weighted by Crippen LogP contribution is 2.32. The van der Waals surface area contributed by atoms with Gasteiger partial charge >= 0.3 is 5.97 Å². The molecule has 5 nitrogen and oxygen atoms in total. The number of ether oxygens (including phenoxy) is 1. The van der Waals surface area contributed by atoms with E-state index in [0.29, 0.717) is 28.2 Å². The van der Waals surface area contributed by atoms with Crippen molar-refractivity contribution in [3.63, 3.8) is 0 Å². The maximum Gasteiger partial charge on any atom is 0.310 e. The van der Waals surface area contributed by atoms with Gasteiger partial charge < -0.3 is 9.64 Å². The molecule has 0 aromatic heterocycles. The van der Waals surface area contributed by atoms with Gasteiger partial charge in [-0.2, -0.15) is 4.99 Å². The summed E-state index contributed by atoms with van der Waals surface area (Å²) in [5, 5.41) is 1.32. The first-order chi connectivity index (χ1) is 12.1. The summed E-state index contributed by atoms with van der Waals surface area (Å²) in [6.45, 7) is 3.54. The van der Waals surface area contributed by atoms with Crippen LogP contribution in [0.25, 0.3) is 6.08 Å².